The first-order valence-corrected chi connectivity index (χ1v) is 6.08. The lowest BCUT2D eigenvalue weighted by atomic mass is 10.1. The molecule has 16 heavy (non-hydrogen) atoms. The lowest BCUT2D eigenvalue weighted by Crippen LogP contribution is -2.19. The van der Waals surface area contributed by atoms with Gasteiger partial charge in [0, 0.05) is 11.3 Å². The number of nitrogens with zero attached hydrogens (tertiary/aromatic N) is 2. The fourth-order valence-corrected chi connectivity index (χ4v) is 3.15. The van der Waals surface area contributed by atoms with Crippen molar-refractivity contribution in [3.8, 4) is 0 Å². The van der Waals surface area contributed by atoms with Gasteiger partial charge in [-0.25, -0.2) is 4.98 Å². The number of H-pyrrole nitrogens is 1. The molecule has 2 atom stereocenters. The lowest BCUT2D eigenvalue weighted by Gasteiger charge is -2.13. The molecule has 1 aliphatic rings. The number of benzene rings is 1. The van der Waals surface area contributed by atoms with Gasteiger partial charge in [-0.3, -0.25) is 5.10 Å². The van der Waals surface area contributed by atoms with Crippen molar-refractivity contribution in [2.45, 2.75) is 22.9 Å². The number of fused-ring (bicyclic) bond motifs is 1. The summed E-state index contributed by atoms with van der Waals surface area (Å²) < 4.78 is 0. The summed E-state index contributed by atoms with van der Waals surface area (Å²) >= 11 is 1.67. The van der Waals surface area contributed by atoms with Gasteiger partial charge in [0.1, 0.15) is 6.33 Å². The van der Waals surface area contributed by atoms with E-state index in [1.54, 1.807) is 11.8 Å². The van der Waals surface area contributed by atoms with E-state index in [2.05, 4.69) is 33.4 Å². The van der Waals surface area contributed by atoms with Crippen LogP contribution in [0.25, 0.3) is 0 Å². The van der Waals surface area contributed by atoms with E-state index in [1.165, 1.54) is 17.5 Å². The van der Waals surface area contributed by atoms with Gasteiger partial charge in [0.05, 0.1) is 0 Å². The van der Waals surface area contributed by atoms with Crippen molar-refractivity contribution in [3.05, 3.63) is 41.7 Å². The Balaban J connectivity index is 1.82. The van der Waals surface area contributed by atoms with E-state index < -0.39 is 0 Å². The summed E-state index contributed by atoms with van der Waals surface area (Å²) in [6.45, 7) is 0. The minimum absolute atomic E-state index is 0.0892. The standard InChI is InChI=1S/C11H12N4S/c12-10-8-4-2-1-3-7(8)5-9(10)16-11-13-6-14-15-11/h1-4,6,9-10H,5,12H2,(H,13,14,15). The van der Waals surface area contributed by atoms with Crippen molar-refractivity contribution in [2.24, 2.45) is 5.73 Å². The predicted molar refractivity (Wildman–Crippen MR) is 63.1 cm³/mol. The number of rotatable bonds is 2. The van der Waals surface area contributed by atoms with Crippen LogP contribution < -0.4 is 5.73 Å². The zero-order chi connectivity index (χ0) is 11.0. The molecule has 0 saturated heterocycles. The third-order valence-electron chi connectivity index (χ3n) is 2.89. The summed E-state index contributed by atoms with van der Waals surface area (Å²) in [6.07, 6.45) is 2.53. The maximum absolute atomic E-state index is 6.22. The molecule has 2 unspecified atom stereocenters. The summed E-state index contributed by atoms with van der Waals surface area (Å²) in [4.78, 5) is 4.12. The van der Waals surface area contributed by atoms with Gasteiger partial charge in [-0.05, 0) is 17.5 Å². The fourth-order valence-electron chi connectivity index (χ4n) is 2.10. The summed E-state index contributed by atoms with van der Waals surface area (Å²) in [7, 11) is 0. The largest absolute Gasteiger partial charge is 0.323 e. The van der Waals surface area contributed by atoms with Gasteiger partial charge in [0.2, 0.25) is 0 Å². The van der Waals surface area contributed by atoms with Crippen LogP contribution in [-0.4, -0.2) is 20.4 Å². The fraction of sp³-hybridized carbons (Fsp3) is 0.273. The highest BCUT2D eigenvalue weighted by Crippen LogP contribution is 2.38. The monoisotopic (exact) mass is 232 g/mol. The zero-order valence-corrected chi connectivity index (χ0v) is 9.45. The highest BCUT2D eigenvalue weighted by molar-refractivity contribution is 7.99. The van der Waals surface area contributed by atoms with Crippen molar-refractivity contribution in [2.75, 3.05) is 0 Å². The van der Waals surface area contributed by atoms with Crippen molar-refractivity contribution >= 4 is 11.8 Å². The van der Waals surface area contributed by atoms with Crippen LogP contribution in [-0.2, 0) is 6.42 Å². The van der Waals surface area contributed by atoms with Crippen molar-refractivity contribution in [1.29, 1.82) is 0 Å². The molecule has 1 aromatic heterocycles. The van der Waals surface area contributed by atoms with Gasteiger partial charge in [-0.15, -0.1) is 0 Å². The lowest BCUT2D eigenvalue weighted by molar-refractivity contribution is 0.728. The molecular weight excluding hydrogens is 220 g/mol. The molecule has 3 N–H and O–H groups in total. The summed E-state index contributed by atoms with van der Waals surface area (Å²) in [5.41, 5.74) is 8.84. The molecule has 0 radical (unpaired) electrons. The molecule has 0 fully saturated rings. The third kappa shape index (κ3) is 1.62. The van der Waals surface area contributed by atoms with Crippen LogP contribution in [0.5, 0.6) is 0 Å². The second-order valence-corrected chi connectivity index (χ2v) is 5.10. The molecule has 1 heterocycles. The Morgan fingerprint density at radius 1 is 1.38 bits per heavy atom. The molecule has 1 aliphatic carbocycles. The molecule has 0 amide bonds. The maximum atomic E-state index is 6.22. The van der Waals surface area contributed by atoms with Gasteiger partial charge < -0.3 is 5.73 Å². The van der Waals surface area contributed by atoms with E-state index in [1.807, 2.05) is 6.07 Å². The number of hydrogen-bond acceptors (Lipinski definition) is 4. The summed E-state index contributed by atoms with van der Waals surface area (Å²) in [5, 5.41) is 7.89. The molecule has 2 aromatic rings. The van der Waals surface area contributed by atoms with Crippen LogP contribution >= 0.6 is 11.8 Å². The molecule has 82 valence electrons. The van der Waals surface area contributed by atoms with E-state index in [9.17, 15) is 0 Å². The number of nitrogens with one attached hydrogen (secondary N) is 1. The smallest absolute Gasteiger partial charge is 0.183 e. The second-order valence-electron chi connectivity index (χ2n) is 3.88. The van der Waals surface area contributed by atoms with E-state index in [0.29, 0.717) is 5.25 Å². The Labute approximate surface area is 97.7 Å². The Morgan fingerprint density at radius 3 is 3.00 bits per heavy atom. The summed E-state index contributed by atoms with van der Waals surface area (Å²) in [5.74, 6) is 0. The normalized spacial score (nSPS) is 23.3. The molecule has 5 heteroatoms. The maximum Gasteiger partial charge on any atom is 0.183 e. The number of nitrogens with two attached hydrogens (primary N) is 1. The molecule has 0 saturated carbocycles. The van der Waals surface area contributed by atoms with Crippen molar-refractivity contribution in [1.82, 2.24) is 15.2 Å². The average Bonchev–Trinajstić information content (AvgIpc) is 2.90. The average molecular weight is 232 g/mol. The SMILES string of the molecule is NC1c2ccccc2CC1Sc1ncn[nH]1. The topological polar surface area (TPSA) is 67.6 Å². The van der Waals surface area contributed by atoms with E-state index in [-0.39, 0.29) is 6.04 Å². The number of aromatic nitrogens is 3. The first-order valence-electron chi connectivity index (χ1n) is 5.20. The Bertz CT molecular complexity index is 480. The van der Waals surface area contributed by atoms with Crippen molar-refractivity contribution < 1.29 is 0 Å². The highest BCUT2D eigenvalue weighted by Gasteiger charge is 2.30. The quantitative estimate of drug-likeness (QED) is 0.823. The van der Waals surface area contributed by atoms with Crippen LogP contribution in [0.4, 0.5) is 0 Å². The van der Waals surface area contributed by atoms with Crippen LogP contribution in [0.2, 0.25) is 0 Å². The van der Waals surface area contributed by atoms with Gasteiger partial charge in [0.25, 0.3) is 0 Å². The first-order chi connectivity index (χ1) is 7.84. The zero-order valence-electron chi connectivity index (χ0n) is 8.63. The number of thioether (sulfide) groups is 1. The number of hydrogen-bond donors (Lipinski definition) is 2. The predicted octanol–water partition coefficient (Wildman–Crippen LogP) is 1.52. The molecular formula is C11H12N4S. The molecule has 0 bridgehead atoms. The number of aromatic amines is 1. The molecule has 4 nitrogen and oxygen atoms in total. The molecule has 1 aromatic carbocycles. The Kier molecular flexibility index (Phi) is 2.41. The third-order valence-corrected chi connectivity index (χ3v) is 4.07. The van der Waals surface area contributed by atoms with Crippen LogP contribution in [0, 0.1) is 0 Å². The Morgan fingerprint density at radius 2 is 2.25 bits per heavy atom. The van der Waals surface area contributed by atoms with Gasteiger partial charge >= 0.3 is 0 Å². The molecule has 0 aliphatic heterocycles. The minimum atomic E-state index is 0.0892. The van der Waals surface area contributed by atoms with Gasteiger partial charge in [0.15, 0.2) is 5.16 Å². The van der Waals surface area contributed by atoms with E-state index in [4.69, 9.17) is 5.73 Å². The highest BCUT2D eigenvalue weighted by atomic mass is 32.2. The Hall–Kier alpha value is -1.33. The van der Waals surface area contributed by atoms with Crippen molar-refractivity contribution in [3.63, 3.8) is 0 Å². The molecule has 0 spiro atoms. The van der Waals surface area contributed by atoms with E-state index in [0.717, 1.165) is 11.6 Å². The first kappa shape index (κ1) is 9.86. The van der Waals surface area contributed by atoms with Gasteiger partial charge in [-0.1, -0.05) is 36.0 Å². The van der Waals surface area contributed by atoms with E-state index >= 15 is 0 Å². The van der Waals surface area contributed by atoms with Crippen LogP contribution in [0.1, 0.15) is 17.2 Å². The second kappa shape index (κ2) is 3.92. The van der Waals surface area contributed by atoms with Crippen LogP contribution in [0.15, 0.2) is 35.7 Å². The van der Waals surface area contributed by atoms with Gasteiger partial charge in [-0.2, -0.15) is 5.10 Å². The minimum Gasteiger partial charge on any atom is -0.323 e. The van der Waals surface area contributed by atoms with Crippen LogP contribution in [0.3, 0.4) is 0 Å². The summed E-state index contributed by atoms with van der Waals surface area (Å²) in [6, 6.07) is 8.45. The molecule has 3 rings (SSSR count).